The van der Waals surface area contributed by atoms with E-state index in [9.17, 15) is 0 Å². The van der Waals surface area contributed by atoms with Crippen molar-refractivity contribution in [3.05, 3.63) is 17.5 Å². The summed E-state index contributed by atoms with van der Waals surface area (Å²) < 4.78 is 2.17. The molecule has 0 aromatic carbocycles. The molecular formula is C14H24BrN3. The molecule has 4 heteroatoms. The van der Waals surface area contributed by atoms with E-state index < -0.39 is 0 Å². The van der Waals surface area contributed by atoms with Crippen molar-refractivity contribution >= 4 is 15.9 Å². The molecule has 1 saturated heterocycles. The Bertz CT molecular complexity index is 375. The van der Waals surface area contributed by atoms with E-state index in [-0.39, 0.29) is 0 Å². The van der Waals surface area contributed by atoms with Crippen LogP contribution in [0.3, 0.4) is 0 Å². The predicted molar refractivity (Wildman–Crippen MR) is 79.1 cm³/mol. The summed E-state index contributed by atoms with van der Waals surface area (Å²) in [5, 5.41) is 5.73. The number of rotatable bonds is 5. The summed E-state index contributed by atoms with van der Waals surface area (Å²) in [4.78, 5) is 2.61. The van der Waals surface area contributed by atoms with Crippen LogP contribution in [0.2, 0.25) is 0 Å². The molecule has 0 aliphatic carbocycles. The third kappa shape index (κ3) is 3.15. The van der Waals surface area contributed by atoms with Gasteiger partial charge in [0.2, 0.25) is 0 Å². The number of nitrogens with zero attached hydrogens (tertiary/aromatic N) is 3. The first-order valence-electron chi connectivity index (χ1n) is 7.14. The lowest BCUT2D eigenvalue weighted by atomic mass is 10.0. The van der Waals surface area contributed by atoms with Crippen molar-refractivity contribution in [2.75, 3.05) is 11.9 Å². The number of halogens is 1. The highest BCUT2D eigenvalue weighted by molar-refractivity contribution is 9.09. The zero-order valence-corrected chi connectivity index (χ0v) is 13.1. The van der Waals surface area contributed by atoms with Gasteiger partial charge in [-0.05, 0) is 38.8 Å². The molecule has 0 spiro atoms. The maximum absolute atomic E-state index is 4.64. The largest absolute Gasteiger partial charge is 0.294 e. The van der Waals surface area contributed by atoms with Crippen LogP contribution in [-0.2, 0) is 19.5 Å². The predicted octanol–water partition coefficient (Wildman–Crippen LogP) is 3.21. The second kappa shape index (κ2) is 6.71. The normalized spacial score (nSPS) is 21.4. The molecule has 0 saturated carbocycles. The minimum Gasteiger partial charge on any atom is -0.294 e. The molecule has 102 valence electrons. The molecule has 1 aromatic rings. The molecule has 0 N–H and O–H groups in total. The minimum absolute atomic E-state index is 0.698. The highest BCUT2D eigenvalue weighted by Gasteiger charge is 2.22. The fourth-order valence-electron chi connectivity index (χ4n) is 2.74. The molecule has 0 bridgehead atoms. The molecule has 2 rings (SSSR count). The summed E-state index contributed by atoms with van der Waals surface area (Å²) in [5.74, 6) is 0. The Morgan fingerprint density at radius 2 is 2.22 bits per heavy atom. The van der Waals surface area contributed by atoms with Crippen molar-refractivity contribution in [1.82, 2.24) is 14.7 Å². The van der Waals surface area contributed by atoms with Crippen LogP contribution in [0.15, 0.2) is 6.07 Å². The number of piperidine rings is 1. The second-order valence-corrected chi connectivity index (χ2v) is 5.72. The summed E-state index contributed by atoms with van der Waals surface area (Å²) in [6.45, 7) is 7.61. The highest BCUT2D eigenvalue weighted by Crippen LogP contribution is 2.21. The van der Waals surface area contributed by atoms with Crippen LogP contribution < -0.4 is 0 Å². The molecule has 1 unspecified atom stereocenters. The van der Waals surface area contributed by atoms with Gasteiger partial charge < -0.3 is 0 Å². The van der Waals surface area contributed by atoms with Gasteiger partial charge >= 0.3 is 0 Å². The summed E-state index contributed by atoms with van der Waals surface area (Å²) >= 11 is 3.66. The van der Waals surface area contributed by atoms with Crippen LogP contribution in [-0.4, -0.2) is 32.6 Å². The molecule has 1 aromatic heterocycles. The Morgan fingerprint density at radius 3 is 2.89 bits per heavy atom. The quantitative estimate of drug-likeness (QED) is 0.778. The third-order valence-corrected chi connectivity index (χ3v) is 4.62. The van der Waals surface area contributed by atoms with E-state index in [1.165, 1.54) is 37.2 Å². The fourth-order valence-corrected chi connectivity index (χ4v) is 3.47. The van der Waals surface area contributed by atoms with E-state index in [2.05, 4.69) is 50.5 Å². The number of aromatic nitrogens is 2. The zero-order chi connectivity index (χ0) is 13.0. The number of hydrogen-bond donors (Lipinski definition) is 0. The fraction of sp³-hybridized carbons (Fsp3) is 0.786. The van der Waals surface area contributed by atoms with Gasteiger partial charge in [0.25, 0.3) is 0 Å². The molecule has 1 aliphatic rings. The molecule has 3 nitrogen and oxygen atoms in total. The molecule has 0 amide bonds. The lowest BCUT2D eigenvalue weighted by Gasteiger charge is -2.34. The van der Waals surface area contributed by atoms with E-state index in [1.54, 1.807) is 0 Å². The van der Waals surface area contributed by atoms with Crippen LogP contribution in [0, 0.1) is 0 Å². The SMILES string of the molecule is CCc1cc(CN2CCCCC2CBr)n(CC)n1. The Hall–Kier alpha value is -0.350. The topological polar surface area (TPSA) is 21.1 Å². The number of likely N-dealkylation sites (tertiary alicyclic amines) is 1. The summed E-state index contributed by atoms with van der Waals surface area (Å²) in [5.41, 5.74) is 2.60. The summed E-state index contributed by atoms with van der Waals surface area (Å²) in [7, 11) is 0. The van der Waals surface area contributed by atoms with Crippen LogP contribution in [0.5, 0.6) is 0 Å². The molecule has 18 heavy (non-hydrogen) atoms. The van der Waals surface area contributed by atoms with Gasteiger partial charge in [0.1, 0.15) is 0 Å². The number of hydrogen-bond acceptors (Lipinski definition) is 2. The van der Waals surface area contributed by atoms with Crippen molar-refractivity contribution in [1.29, 1.82) is 0 Å². The standard InChI is InChI=1S/C14H24BrN3/c1-3-12-9-14(18(4-2)16-12)11-17-8-6-5-7-13(17)10-15/h9,13H,3-8,10-11H2,1-2H3. The van der Waals surface area contributed by atoms with E-state index in [0.717, 1.165) is 24.8 Å². The minimum atomic E-state index is 0.698. The van der Waals surface area contributed by atoms with Gasteiger partial charge in [-0.25, -0.2) is 0 Å². The second-order valence-electron chi connectivity index (χ2n) is 5.07. The van der Waals surface area contributed by atoms with Gasteiger partial charge in [0, 0.05) is 24.5 Å². The van der Waals surface area contributed by atoms with Crippen molar-refractivity contribution in [3.63, 3.8) is 0 Å². The average Bonchev–Trinajstić information content (AvgIpc) is 2.81. The summed E-state index contributed by atoms with van der Waals surface area (Å²) in [6.07, 6.45) is 5.07. The van der Waals surface area contributed by atoms with Crippen molar-refractivity contribution < 1.29 is 0 Å². The smallest absolute Gasteiger partial charge is 0.0625 e. The lowest BCUT2D eigenvalue weighted by Crippen LogP contribution is -2.40. The van der Waals surface area contributed by atoms with E-state index in [0.29, 0.717) is 6.04 Å². The van der Waals surface area contributed by atoms with Crippen LogP contribution >= 0.6 is 15.9 Å². The Morgan fingerprint density at radius 1 is 1.39 bits per heavy atom. The Labute approximate surface area is 119 Å². The van der Waals surface area contributed by atoms with Crippen LogP contribution in [0.1, 0.15) is 44.5 Å². The molecular weight excluding hydrogens is 290 g/mol. The highest BCUT2D eigenvalue weighted by atomic mass is 79.9. The van der Waals surface area contributed by atoms with Gasteiger partial charge in [-0.3, -0.25) is 9.58 Å². The first-order chi connectivity index (χ1) is 8.78. The van der Waals surface area contributed by atoms with Gasteiger partial charge in [0.15, 0.2) is 0 Å². The Kier molecular flexibility index (Phi) is 5.25. The van der Waals surface area contributed by atoms with E-state index in [1.807, 2.05) is 0 Å². The molecule has 1 atom stereocenters. The van der Waals surface area contributed by atoms with E-state index >= 15 is 0 Å². The zero-order valence-electron chi connectivity index (χ0n) is 11.5. The van der Waals surface area contributed by atoms with Gasteiger partial charge in [-0.15, -0.1) is 0 Å². The van der Waals surface area contributed by atoms with Gasteiger partial charge in [-0.2, -0.15) is 5.10 Å². The molecule has 1 aliphatic heterocycles. The van der Waals surface area contributed by atoms with E-state index in [4.69, 9.17) is 0 Å². The van der Waals surface area contributed by atoms with Gasteiger partial charge in [0.05, 0.1) is 11.4 Å². The van der Waals surface area contributed by atoms with Crippen molar-refractivity contribution in [2.24, 2.45) is 0 Å². The first kappa shape index (κ1) is 14.1. The summed E-state index contributed by atoms with van der Waals surface area (Å²) in [6, 6.07) is 2.98. The molecule has 2 heterocycles. The first-order valence-corrected chi connectivity index (χ1v) is 8.26. The van der Waals surface area contributed by atoms with Crippen LogP contribution in [0.25, 0.3) is 0 Å². The molecule has 0 radical (unpaired) electrons. The molecule has 1 fully saturated rings. The maximum Gasteiger partial charge on any atom is 0.0625 e. The lowest BCUT2D eigenvalue weighted by molar-refractivity contribution is 0.152. The maximum atomic E-state index is 4.64. The average molecular weight is 314 g/mol. The van der Waals surface area contributed by atoms with Crippen LogP contribution in [0.4, 0.5) is 0 Å². The monoisotopic (exact) mass is 313 g/mol. The number of alkyl halides is 1. The Balaban J connectivity index is 2.09. The van der Waals surface area contributed by atoms with Gasteiger partial charge in [-0.1, -0.05) is 29.3 Å². The van der Waals surface area contributed by atoms with Crippen molar-refractivity contribution in [3.8, 4) is 0 Å². The third-order valence-electron chi connectivity index (χ3n) is 3.87. The number of aryl methyl sites for hydroxylation is 2. The van der Waals surface area contributed by atoms with Crippen molar-refractivity contribution in [2.45, 2.75) is 58.7 Å².